The Morgan fingerprint density at radius 1 is 1.04 bits per heavy atom. The lowest BCUT2D eigenvalue weighted by Gasteiger charge is -2.10. The fourth-order valence-corrected chi connectivity index (χ4v) is 2.60. The van der Waals surface area contributed by atoms with Gasteiger partial charge in [-0.15, -0.1) is 0 Å². The number of hydrogen-bond donors (Lipinski definition) is 1. The van der Waals surface area contributed by atoms with E-state index in [-0.39, 0.29) is 16.8 Å². The lowest BCUT2D eigenvalue weighted by atomic mass is 10.2. The van der Waals surface area contributed by atoms with Crippen LogP contribution in [0.15, 0.2) is 76.1 Å². The van der Waals surface area contributed by atoms with E-state index in [1.54, 1.807) is 12.1 Å². The van der Waals surface area contributed by atoms with E-state index in [4.69, 9.17) is 0 Å². The summed E-state index contributed by atoms with van der Waals surface area (Å²) >= 11 is 3.36. The minimum atomic E-state index is -0.515. The zero-order valence-corrected chi connectivity index (χ0v) is 14.7. The normalized spacial score (nSPS) is 10.5. The molecule has 1 amide bonds. The number of benzene rings is 2. The summed E-state index contributed by atoms with van der Waals surface area (Å²) in [7, 11) is 0. The lowest BCUT2D eigenvalue weighted by Crippen LogP contribution is -2.22. The summed E-state index contributed by atoms with van der Waals surface area (Å²) in [5.41, 5.74) is 1.08. The van der Waals surface area contributed by atoms with E-state index in [0.29, 0.717) is 6.54 Å². The van der Waals surface area contributed by atoms with E-state index in [0.717, 1.165) is 10.0 Å². The highest BCUT2D eigenvalue weighted by Crippen LogP contribution is 2.14. The van der Waals surface area contributed by atoms with Crippen molar-refractivity contribution in [1.82, 2.24) is 4.57 Å². The molecule has 1 heterocycles. The second kappa shape index (κ2) is 7.44. The highest BCUT2D eigenvalue weighted by Gasteiger charge is 2.10. The van der Waals surface area contributed by atoms with Gasteiger partial charge in [-0.25, -0.2) is 4.39 Å². The highest BCUT2D eigenvalue weighted by molar-refractivity contribution is 9.10. The van der Waals surface area contributed by atoms with E-state index in [9.17, 15) is 14.0 Å². The summed E-state index contributed by atoms with van der Waals surface area (Å²) in [4.78, 5) is 24.4. The number of nitrogens with one attached hydrogen (secondary N) is 1. The SMILES string of the molecule is O=C(Nc1ccccc1F)c1ccc(=O)n(Cc2ccc(Br)cc2)c1. The van der Waals surface area contributed by atoms with Crippen molar-refractivity contribution in [2.24, 2.45) is 0 Å². The van der Waals surface area contributed by atoms with E-state index in [2.05, 4.69) is 21.2 Å². The maximum absolute atomic E-state index is 13.7. The summed E-state index contributed by atoms with van der Waals surface area (Å²) in [5, 5.41) is 2.51. The largest absolute Gasteiger partial charge is 0.319 e. The smallest absolute Gasteiger partial charge is 0.257 e. The van der Waals surface area contributed by atoms with Gasteiger partial charge in [0.15, 0.2) is 0 Å². The molecule has 4 nitrogen and oxygen atoms in total. The van der Waals surface area contributed by atoms with Crippen LogP contribution in [0.5, 0.6) is 0 Å². The minimum absolute atomic E-state index is 0.0955. The van der Waals surface area contributed by atoms with Crippen molar-refractivity contribution in [2.45, 2.75) is 6.54 Å². The van der Waals surface area contributed by atoms with Gasteiger partial charge < -0.3 is 9.88 Å². The molecule has 0 saturated carbocycles. The van der Waals surface area contributed by atoms with E-state index >= 15 is 0 Å². The molecule has 0 bridgehead atoms. The van der Waals surface area contributed by atoms with Gasteiger partial charge in [0.25, 0.3) is 11.5 Å². The van der Waals surface area contributed by atoms with Crippen LogP contribution in [0.25, 0.3) is 0 Å². The molecule has 0 aliphatic rings. The molecule has 126 valence electrons. The first-order valence-corrected chi connectivity index (χ1v) is 8.33. The molecule has 2 aromatic carbocycles. The third-order valence-corrected chi connectivity index (χ3v) is 4.16. The Labute approximate surface area is 152 Å². The van der Waals surface area contributed by atoms with Gasteiger partial charge in [-0.2, -0.15) is 0 Å². The molecule has 3 aromatic rings. The summed E-state index contributed by atoms with van der Waals surface area (Å²) < 4.78 is 16.0. The number of carbonyl (C=O) groups is 1. The van der Waals surface area contributed by atoms with Crippen LogP contribution >= 0.6 is 15.9 Å². The average molecular weight is 401 g/mol. The van der Waals surface area contributed by atoms with Gasteiger partial charge in [0, 0.05) is 16.7 Å². The summed E-state index contributed by atoms with van der Waals surface area (Å²) in [6, 6.07) is 16.2. The number of carbonyl (C=O) groups excluding carboxylic acids is 1. The Bertz CT molecular complexity index is 968. The van der Waals surface area contributed by atoms with Crippen molar-refractivity contribution in [3.63, 3.8) is 0 Å². The Kier molecular flexibility index (Phi) is 5.09. The zero-order chi connectivity index (χ0) is 17.8. The predicted molar refractivity (Wildman–Crippen MR) is 98.3 cm³/mol. The van der Waals surface area contributed by atoms with Gasteiger partial charge in [0.05, 0.1) is 17.8 Å². The number of rotatable bonds is 4. The van der Waals surface area contributed by atoms with Crippen LogP contribution in [-0.2, 0) is 6.54 Å². The highest BCUT2D eigenvalue weighted by atomic mass is 79.9. The third-order valence-electron chi connectivity index (χ3n) is 3.63. The van der Waals surface area contributed by atoms with Gasteiger partial charge >= 0.3 is 0 Å². The van der Waals surface area contributed by atoms with E-state index in [1.807, 2.05) is 24.3 Å². The van der Waals surface area contributed by atoms with Crippen molar-refractivity contribution >= 4 is 27.5 Å². The number of anilines is 1. The van der Waals surface area contributed by atoms with Crippen LogP contribution in [0.3, 0.4) is 0 Å². The van der Waals surface area contributed by atoms with Crippen molar-refractivity contribution in [2.75, 3.05) is 5.32 Å². The minimum Gasteiger partial charge on any atom is -0.319 e. The Balaban J connectivity index is 1.83. The molecule has 0 aliphatic heterocycles. The zero-order valence-electron chi connectivity index (χ0n) is 13.1. The lowest BCUT2D eigenvalue weighted by molar-refractivity contribution is 0.102. The van der Waals surface area contributed by atoms with Crippen LogP contribution in [0, 0.1) is 5.82 Å². The van der Waals surface area contributed by atoms with Gasteiger partial charge in [-0.3, -0.25) is 9.59 Å². The molecular formula is C19H14BrFN2O2. The van der Waals surface area contributed by atoms with E-state index < -0.39 is 11.7 Å². The summed E-state index contributed by atoms with van der Waals surface area (Å²) in [5.74, 6) is -0.992. The molecule has 25 heavy (non-hydrogen) atoms. The maximum atomic E-state index is 13.7. The van der Waals surface area contributed by atoms with E-state index in [1.165, 1.54) is 35.0 Å². The van der Waals surface area contributed by atoms with Crippen molar-refractivity contribution in [3.05, 3.63) is 98.6 Å². The standard InChI is InChI=1S/C19H14BrFN2O2/c20-15-8-5-13(6-9-15)11-23-12-14(7-10-18(23)24)19(25)22-17-4-2-1-3-16(17)21/h1-10,12H,11H2,(H,22,25). The number of aromatic nitrogens is 1. The van der Waals surface area contributed by atoms with Crippen LogP contribution in [0.4, 0.5) is 10.1 Å². The maximum Gasteiger partial charge on any atom is 0.257 e. The summed E-state index contributed by atoms with van der Waals surface area (Å²) in [6.45, 7) is 0.340. The molecule has 0 atom stereocenters. The van der Waals surface area contributed by atoms with Gasteiger partial charge in [0.1, 0.15) is 5.82 Å². The molecule has 6 heteroatoms. The molecule has 1 N–H and O–H groups in total. The number of para-hydroxylation sites is 1. The molecule has 0 fully saturated rings. The van der Waals surface area contributed by atoms with Crippen molar-refractivity contribution < 1.29 is 9.18 Å². The number of nitrogens with zero attached hydrogens (tertiary/aromatic N) is 1. The molecule has 0 aliphatic carbocycles. The first kappa shape index (κ1) is 17.1. The fourth-order valence-electron chi connectivity index (χ4n) is 2.33. The molecule has 0 radical (unpaired) electrons. The monoisotopic (exact) mass is 400 g/mol. The van der Waals surface area contributed by atoms with Crippen LogP contribution in [0.2, 0.25) is 0 Å². The van der Waals surface area contributed by atoms with Crippen molar-refractivity contribution in [3.8, 4) is 0 Å². The summed E-state index contributed by atoms with van der Waals surface area (Å²) in [6.07, 6.45) is 1.47. The van der Waals surface area contributed by atoms with Crippen molar-refractivity contribution in [1.29, 1.82) is 0 Å². The van der Waals surface area contributed by atoms with Crippen LogP contribution in [-0.4, -0.2) is 10.5 Å². The van der Waals surface area contributed by atoms with Gasteiger partial charge in [0.2, 0.25) is 0 Å². The van der Waals surface area contributed by atoms with Gasteiger partial charge in [-0.05, 0) is 35.9 Å². The first-order valence-electron chi connectivity index (χ1n) is 7.54. The van der Waals surface area contributed by atoms with Gasteiger partial charge in [-0.1, -0.05) is 40.2 Å². The Morgan fingerprint density at radius 2 is 1.76 bits per heavy atom. The third kappa shape index (κ3) is 4.22. The second-order valence-electron chi connectivity index (χ2n) is 5.44. The molecular weight excluding hydrogens is 387 g/mol. The number of pyridine rings is 1. The molecule has 3 rings (SSSR count). The fraction of sp³-hybridized carbons (Fsp3) is 0.0526. The number of amides is 1. The topological polar surface area (TPSA) is 51.1 Å². The molecule has 1 aromatic heterocycles. The number of hydrogen-bond acceptors (Lipinski definition) is 2. The first-order chi connectivity index (χ1) is 12.0. The Morgan fingerprint density at radius 3 is 2.48 bits per heavy atom. The quantitative estimate of drug-likeness (QED) is 0.717. The van der Waals surface area contributed by atoms with Crippen LogP contribution < -0.4 is 10.9 Å². The predicted octanol–water partition coefficient (Wildman–Crippen LogP) is 4.05. The molecule has 0 spiro atoms. The average Bonchev–Trinajstić information content (AvgIpc) is 2.60. The number of halogens is 2. The Hall–Kier alpha value is -2.73. The second-order valence-corrected chi connectivity index (χ2v) is 6.36. The molecule has 0 unspecified atom stereocenters. The molecule has 0 saturated heterocycles. The van der Waals surface area contributed by atoms with Crippen LogP contribution in [0.1, 0.15) is 15.9 Å².